The summed E-state index contributed by atoms with van der Waals surface area (Å²) in [6, 6.07) is 14.3. The molecule has 0 spiro atoms. The first-order valence-corrected chi connectivity index (χ1v) is 7.72. The largest absolute Gasteiger partial charge is 0.278 e. The molecule has 0 aliphatic carbocycles. The van der Waals surface area contributed by atoms with Crippen molar-refractivity contribution >= 4 is 11.9 Å². The zero-order valence-electron chi connectivity index (χ0n) is 13.9. The number of nitrogens with one attached hydrogen (secondary N) is 1. The van der Waals surface area contributed by atoms with Crippen LogP contribution in [0.15, 0.2) is 53.6 Å². The first-order valence-electron chi connectivity index (χ1n) is 7.72. The van der Waals surface area contributed by atoms with Crippen LogP contribution in [-0.2, 0) is 0 Å². The van der Waals surface area contributed by atoms with E-state index in [0.29, 0.717) is 0 Å². The number of halogens is 1. The first kappa shape index (κ1) is 15.9. The summed E-state index contributed by atoms with van der Waals surface area (Å²) in [6.45, 7) is 5.94. The number of benzene rings is 2. The lowest BCUT2D eigenvalue weighted by Gasteiger charge is -2.04. The molecule has 2 aromatic carbocycles. The highest BCUT2D eigenvalue weighted by molar-refractivity contribution is 5.83. The minimum Gasteiger partial charge on any atom is -0.278 e. The summed E-state index contributed by atoms with van der Waals surface area (Å²) in [4.78, 5) is 0. The topological polar surface area (TPSA) is 42.2 Å². The Morgan fingerprint density at radius 1 is 1.08 bits per heavy atom. The van der Waals surface area contributed by atoms with Crippen LogP contribution in [0.1, 0.15) is 22.5 Å². The molecule has 0 saturated carbocycles. The van der Waals surface area contributed by atoms with Crippen LogP contribution in [0.4, 0.5) is 10.1 Å². The van der Waals surface area contributed by atoms with Gasteiger partial charge in [0.2, 0.25) is 0 Å². The number of rotatable bonds is 4. The van der Waals surface area contributed by atoms with E-state index in [2.05, 4.69) is 15.6 Å². The lowest BCUT2D eigenvalue weighted by atomic mass is 10.2. The molecule has 0 aliphatic rings. The van der Waals surface area contributed by atoms with E-state index in [0.717, 1.165) is 28.3 Å². The molecule has 0 atom stereocenters. The minimum absolute atomic E-state index is 0.260. The van der Waals surface area contributed by atoms with Gasteiger partial charge in [0, 0.05) is 5.56 Å². The SMILES string of the molecule is Cc1cccc(N/N=C\c2c(C)nn(-c3ccc(F)cc3)c2C)c1. The van der Waals surface area contributed by atoms with E-state index in [9.17, 15) is 4.39 Å². The van der Waals surface area contributed by atoms with Crippen molar-refractivity contribution in [2.75, 3.05) is 5.43 Å². The van der Waals surface area contributed by atoms with Crippen LogP contribution >= 0.6 is 0 Å². The Kier molecular flexibility index (Phi) is 4.42. The van der Waals surface area contributed by atoms with E-state index in [1.54, 1.807) is 23.0 Å². The fourth-order valence-electron chi connectivity index (χ4n) is 2.56. The predicted molar refractivity (Wildman–Crippen MR) is 95.4 cm³/mol. The third-order valence-corrected chi connectivity index (χ3v) is 3.82. The zero-order chi connectivity index (χ0) is 17.1. The van der Waals surface area contributed by atoms with Gasteiger partial charge in [-0.3, -0.25) is 5.43 Å². The molecule has 0 saturated heterocycles. The fraction of sp³-hybridized carbons (Fsp3) is 0.158. The average molecular weight is 322 g/mol. The summed E-state index contributed by atoms with van der Waals surface area (Å²) >= 11 is 0. The maximum absolute atomic E-state index is 13.1. The van der Waals surface area contributed by atoms with Gasteiger partial charge in [0.25, 0.3) is 0 Å². The third-order valence-electron chi connectivity index (χ3n) is 3.82. The van der Waals surface area contributed by atoms with Crippen molar-refractivity contribution in [1.82, 2.24) is 9.78 Å². The van der Waals surface area contributed by atoms with E-state index >= 15 is 0 Å². The first-order chi connectivity index (χ1) is 11.5. The van der Waals surface area contributed by atoms with Crippen LogP contribution in [0.2, 0.25) is 0 Å². The molecular formula is C19H19FN4. The zero-order valence-corrected chi connectivity index (χ0v) is 13.9. The summed E-state index contributed by atoms with van der Waals surface area (Å²) in [6.07, 6.45) is 1.76. The van der Waals surface area contributed by atoms with Crippen LogP contribution in [0.25, 0.3) is 5.69 Å². The predicted octanol–water partition coefficient (Wildman–Crippen LogP) is 4.38. The fourth-order valence-corrected chi connectivity index (χ4v) is 2.56. The van der Waals surface area contributed by atoms with Gasteiger partial charge in [-0.05, 0) is 62.7 Å². The molecule has 0 aliphatic heterocycles. The number of hydrogen-bond acceptors (Lipinski definition) is 3. The van der Waals surface area contributed by atoms with E-state index in [1.807, 2.05) is 45.0 Å². The van der Waals surface area contributed by atoms with Gasteiger partial charge in [-0.25, -0.2) is 9.07 Å². The highest BCUT2D eigenvalue weighted by atomic mass is 19.1. The molecule has 5 heteroatoms. The van der Waals surface area contributed by atoms with E-state index in [-0.39, 0.29) is 5.82 Å². The normalized spacial score (nSPS) is 11.2. The molecule has 0 unspecified atom stereocenters. The Morgan fingerprint density at radius 2 is 1.83 bits per heavy atom. The summed E-state index contributed by atoms with van der Waals surface area (Å²) < 4.78 is 14.9. The van der Waals surface area contributed by atoms with Gasteiger partial charge in [0.15, 0.2) is 0 Å². The Bertz CT molecular complexity index is 879. The Labute approximate surface area is 140 Å². The molecule has 4 nitrogen and oxygen atoms in total. The Hall–Kier alpha value is -2.95. The summed E-state index contributed by atoms with van der Waals surface area (Å²) in [5, 5.41) is 8.83. The second-order valence-corrected chi connectivity index (χ2v) is 5.71. The average Bonchev–Trinajstić information content (AvgIpc) is 2.84. The Morgan fingerprint density at radius 3 is 2.54 bits per heavy atom. The molecule has 3 rings (SSSR count). The molecular weight excluding hydrogens is 303 g/mol. The van der Waals surface area contributed by atoms with Gasteiger partial charge in [0.1, 0.15) is 5.82 Å². The van der Waals surface area contributed by atoms with Crippen LogP contribution < -0.4 is 5.43 Å². The molecule has 0 radical (unpaired) electrons. The van der Waals surface area contributed by atoms with Gasteiger partial charge in [0.05, 0.1) is 29.0 Å². The molecule has 122 valence electrons. The van der Waals surface area contributed by atoms with E-state index < -0.39 is 0 Å². The summed E-state index contributed by atoms with van der Waals surface area (Å²) in [7, 11) is 0. The molecule has 0 bridgehead atoms. The van der Waals surface area contributed by atoms with Crippen molar-refractivity contribution in [1.29, 1.82) is 0 Å². The quantitative estimate of drug-likeness (QED) is 0.572. The molecule has 24 heavy (non-hydrogen) atoms. The lowest BCUT2D eigenvalue weighted by Crippen LogP contribution is -1.99. The Balaban J connectivity index is 1.84. The molecule has 0 amide bonds. The van der Waals surface area contributed by atoms with Gasteiger partial charge in [-0.2, -0.15) is 10.2 Å². The standard InChI is InChI=1S/C19H19FN4/c1-13-5-4-6-17(11-13)22-21-12-19-14(2)23-24(15(19)3)18-9-7-16(20)8-10-18/h4-12,22H,1-3H3/b21-12-. The monoisotopic (exact) mass is 322 g/mol. The second kappa shape index (κ2) is 6.66. The molecule has 1 N–H and O–H groups in total. The lowest BCUT2D eigenvalue weighted by molar-refractivity contribution is 0.627. The van der Waals surface area contributed by atoms with Crippen molar-refractivity contribution in [3.8, 4) is 5.69 Å². The van der Waals surface area contributed by atoms with Crippen molar-refractivity contribution in [3.63, 3.8) is 0 Å². The van der Waals surface area contributed by atoms with Crippen LogP contribution in [0.5, 0.6) is 0 Å². The maximum Gasteiger partial charge on any atom is 0.123 e. The molecule has 1 aromatic heterocycles. The second-order valence-electron chi connectivity index (χ2n) is 5.71. The van der Waals surface area contributed by atoms with E-state index in [4.69, 9.17) is 0 Å². The van der Waals surface area contributed by atoms with Crippen molar-refractivity contribution in [3.05, 3.63) is 76.9 Å². The number of nitrogens with zero attached hydrogens (tertiary/aromatic N) is 3. The van der Waals surface area contributed by atoms with Gasteiger partial charge < -0.3 is 0 Å². The van der Waals surface area contributed by atoms with Crippen molar-refractivity contribution in [2.45, 2.75) is 20.8 Å². The molecule has 1 heterocycles. The number of hydrazone groups is 1. The van der Waals surface area contributed by atoms with Crippen LogP contribution in [0, 0.1) is 26.6 Å². The molecule has 3 aromatic rings. The number of hydrogen-bond donors (Lipinski definition) is 1. The van der Waals surface area contributed by atoms with Gasteiger partial charge in [-0.1, -0.05) is 12.1 Å². The number of aryl methyl sites for hydroxylation is 2. The third kappa shape index (κ3) is 3.35. The van der Waals surface area contributed by atoms with Gasteiger partial charge >= 0.3 is 0 Å². The van der Waals surface area contributed by atoms with Crippen molar-refractivity contribution < 1.29 is 4.39 Å². The number of anilines is 1. The summed E-state index contributed by atoms with van der Waals surface area (Å²) in [5.41, 5.74) is 8.72. The van der Waals surface area contributed by atoms with Crippen LogP contribution in [-0.4, -0.2) is 16.0 Å². The van der Waals surface area contributed by atoms with Crippen LogP contribution in [0.3, 0.4) is 0 Å². The summed E-state index contributed by atoms with van der Waals surface area (Å²) in [5.74, 6) is -0.260. The van der Waals surface area contributed by atoms with Gasteiger partial charge in [-0.15, -0.1) is 0 Å². The highest BCUT2D eigenvalue weighted by Crippen LogP contribution is 2.17. The maximum atomic E-state index is 13.1. The highest BCUT2D eigenvalue weighted by Gasteiger charge is 2.11. The van der Waals surface area contributed by atoms with Crippen molar-refractivity contribution in [2.24, 2.45) is 5.10 Å². The van der Waals surface area contributed by atoms with E-state index in [1.165, 1.54) is 17.7 Å². The molecule has 0 fully saturated rings. The minimum atomic E-state index is -0.260. The smallest absolute Gasteiger partial charge is 0.123 e. The number of aromatic nitrogens is 2.